The Morgan fingerprint density at radius 2 is 1.58 bits per heavy atom. The molecule has 0 bridgehead atoms. The van der Waals surface area contributed by atoms with Crippen molar-refractivity contribution < 1.29 is 23.9 Å². The van der Waals surface area contributed by atoms with E-state index in [4.69, 9.17) is 9.47 Å². The lowest BCUT2D eigenvalue weighted by molar-refractivity contribution is -0.168. The van der Waals surface area contributed by atoms with Gasteiger partial charge in [-0.25, -0.2) is 0 Å². The molecule has 0 aliphatic rings. The van der Waals surface area contributed by atoms with Crippen LogP contribution in [0.2, 0.25) is 0 Å². The maximum atomic E-state index is 12.8. The Labute approximate surface area is 156 Å². The molecule has 1 aromatic carbocycles. The molecule has 26 heavy (non-hydrogen) atoms. The normalized spacial score (nSPS) is 11.1. The molecule has 1 aromatic rings. The van der Waals surface area contributed by atoms with E-state index in [1.807, 2.05) is 0 Å². The Hall–Kier alpha value is -2.17. The van der Waals surface area contributed by atoms with Gasteiger partial charge in [-0.2, -0.15) is 0 Å². The van der Waals surface area contributed by atoms with Crippen LogP contribution in [0.1, 0.15) is 76.6 Å². The van der Waals surface area contributed by atoms with Crippen molar-refractivity contribution in [2.24, 2.45) is 5.41 Å². The van der Waals surface area contributed by atoms with Crippen LogP contribution in [0.15, 0.2) is 24.3 Å². The van der Waals surface area contributed by atoms with E-state index in [-0.39, 0.29) is 24.4 Å². The van der Waals surface area contributed by atoms with Gasteiger partial charge in [-0.15, -0.1) is 0 Å². The lowest BCUT2D eigenvalue weighted by Crippen LogP contribution is -2.42. The van der Waals surface area contributed by atoms with Gasteiger partial charge in [-0.3, -0.25) is 14.4 Å². The van der Waals surface area contributed by atoms with Gasteiger partial charge in [0.2, 0.25) is 0 Å². The van der Waals surface area contributed by atoms with Gasteiger partial charge in [0.15, 0.2) is 11.2 Å². The minimum absolute atomic E-state index is 0.173. The summed E-state index contributed by atoms with van der Waals surface area (Å²) in [5.74, 6) is -1.25. The zero-order chi connectivity index (χ0) is 19.6. The molecule has 0 saturated carbocycles. The van der Waals surface area contributed by atoms with E-state index in [0.717, 1.165) is 25.7 Å². The van der Waals surface area contributed by atoms with E-state index < -0.39 is 17.4 Å². The third-order valence-corrected chi connectivity index (χ3v) is 4.69. The average molecular weight is 362 g/mol. The molecule has 0 heterocycles. The molecule has 0 spiro atoms. The van der Waals surface area contributed by atoms with Crippen LogP contribution in [0, 0.1) is 5.41 Å². The second kappa shape index (κ2) is 10.7. The molecular weight excluding hydrogens is 332 g/mol. The largest absolute Gasteiger partial charge is 0.465 e. The Bertz CT molecular complexity index is 617. The quantitative estimate of drug-likeness (QED) is 0.187. The third kappa shape index (κ3) is 5.41. The van der Waals surface area contributed by atoms with Crippen molar-refractivity contribution in [2.45, 2.75) is 66.2 Å². The first kappa shape index (κ1) is 21.9. The molecule has 0 saturated heterocycles. The number of para-hydroxylation sites is 1. The molecule has 0 aliphatic heterocycles. The molecule has 0 aliphatic carbocycles. The van der Waals surface area contributed by atoms with E-state index in [9.17, 15) is 14.4 Å². The molecular formula is C21H30O5. The Morgan fingerprint density at radius 1 is 0.923 bits per heavy atom. The molecule has 5 heteroatoms. The van der Waals surface area contributed by atoms with Crippen LogP contribution in [-0.2, 0) is 14.3 Å². The number of unbranched alkanes of at least 4 members (excludes halogenated alkanes) is 3. The fourth-order valence-electron chi connectivity index (χ4n) is 2.79. The summed E-state index contributed by atoms with van der Waals surface area (Å²) in [6, 6.07) is 6.53. The number of hydrogen-bond acceptors (Lipinski definition) is 5. The topological polar surface area (TPSA) is 69.7 Å². The van der Waals surface area contributed by atoms with E-state index in [1.165, 1.54) is 6.92 Å². The standard InChI is InChI=1S/C21H30O5/c1-5-8-9-12-15-25-19(23)21(6-2,7-3)20(24)26-18-14-11-10-13-17(18)16(4)22/h10-11,13-14H,5-9,12,15H2,1-4H3. The molecule has 0 aromatic heterocycles. The molecule has 0 fully saturated rings. The van der Waals surface area contributed by atoms with Crippen LogP contribution < -0.4 is 4.74 Å². The minimum Gasteiger partial charge on any atom is -0.465 e. The summed E-state index contributed by atoms with van der Waals surface area (Å²) < 4.78 is 10.8. The summed E-state index contributed by atoms with van der Waals surface area (Å²) >= 11 is 0. The van der Waals surface area contributed by atoms with Crippen LogP contribution in [0.5, 0.6) is 5.75 Å². The van der Waals surface area contributed by atoms with Crippen molar-refractivity contribution >= 4 is 17.7 Å². The van der Waals surface area contributed by atoms with Gasteiger partial charge >= 0.3 is 11.9 Å². The number of hydrogen-bond donors (Lipinski definition) is 0. The van der Waals surface area contributed by atoms with E-state index >= 15 is 0 Å². The Kier molecular flexibility index (Phi) is 9.03. The van der Waals surface area contributed by atoms with Crippen LogP contribution in [0.3, 0.4) is 0 Å². The molecule has 0 N–H and O–H groups in total. The number of carbonyl (C=O) groups excluding carboxylic acids is 3. The minimum atomic E-state index is -1.35. The fraction of sp³-hybridized carbons (Fsp3) is 0.571. The van der Waals surface area contributed by atoms with Gasteiger partial charge in [-0.05, 0) is 38.3 Å². The molecule has 144 valence electrons. The fourth-order valence-corrected chi connectivity index (χ4v) is 2.79. The van der Waals surface area contributed by atoms with Gasteiger partial charge < -0.3 is 9.47 Å². The van der Waals surface area contributed by atoms with Gasteiger partial charge in [0.1, 0.15) is 5.75 Å². The van der Waals surface area contributed by atoms with Gasteiger partial charge in [0, 0.05) is 0 Å². The van der Waals surface area contributed by atoms with Crippen LogP contribution in [0.4, 0.5) is 0 Å². The van der Waals surface area contributed by atoms with Crippen molar-refractivity contribution in [3.63, 3.8) is 0 Å². The van der Waals surface area contributed by atoms with Crippen molar-refractivity contribution in [1.82, 2.24) is 0 Å². The number of ether oxygens (including phenoxy) is 2. The van der Waals surface area contributed by atoms with Crippen LogP contribution in [-0.4, -0.2) is 24.3 Å². The molecule has 0 atom stereocenters. The van der Waals surface area contributed by atoms with Crippen molar-refractivity contribution in [1.29, 1.82) is 0 Å². The van der Waals surface area contributed by atoms with E-state index in [1.54, 1.807) is 38.1 Å². The molecule has 0 unspecified atom stereocenters. The first-order valence-corrected chi connectivity index (χ1v) is 9.42. The van der Waals surface area contributed by atoms with Gasteiger partial charge in [-0.1, -0.05) is 52.2 Å². The van der Waals surface area contributed by atoms with Crippen LogP contribution >= 0.6 is 0 Å². The first-order chi connectivity index (χ1) is 12.4. The zero-order valence-corrected chi connectivity index (χ0v) is 16.3. The number of carbonyl (C=O) groups is 3. The molecule has 0 radical (unpaired) electrons. The molecule has 5 nitrogen and oxygen atoms in total. The number of Topliss-reactive ketones (excluding diaryl/α,β-unsaturated/α-hetero) is 1. The summed E-state index contributed by atoms with van der Waals surface area (Å²) in [5.41, 5.74) is -1.04. The predicted molar refractivity (Wildman–Crippen MR) is 100 cm³/mol. The van der Waals surface area contributed by atoms with Gasteiger partial charge in [0.25, 0.3) is 0 Å². The maximum Gasteiger partial charge on any atom is 0.328 e. The summed E-state index contributed by atoms with van der Waals surface area (Å²) in [4.78, 5) is 37.1. The summed E-state index contributed by atoms with van der Waals surface area (Å²) in [5, 5.41) is 0. The van der Waals surface area contributed by atoms with E-state index in [0.29, 0.717) is 12.2 Å². The number of ketones is 1. The molecule has 0 amide bonds. The lowest BCUT2D eigenvalue weighted by atomic mass is 9.82. The lowest BCUT2D eigenvalue weighted by Gasteiger charge is -2.27. The highest BCUT2D eigenvalue weighted by Crippen LogP contribution is 2.32. The Balaban J connectivity index is 2.89. The SMILES string of the molecule is CCCCCCOC(=O)C(CC)(CC)C(=O)Oc1ccccc1C(C)=O. The highest BCUT2D eigenvalue weighted by molar-refractivity contribution is 6.02. The van der Waals surface area contributed by atoms with Crippen LogP contribution in [0.25, 0.3) is 0 Å². The number of esters is 2. The van der Waals surface area contributed by atoms with Gasteiger partial charge in [0.05, 0.1) is 12.2 Å². The third-order valence-electron chi connectivity index (χ3n) is 4.69. The monoisotopic (exact) mass is 362 g/mol. The average Bonchev–Trinajstić information content (AvgIpc) is 2.63. The summed E-state index contributed by atoms with van der Waals surface area (Å²) in [7, 11) is 0. The molecule has 1 rings (SSSR count). The highest BCUT2D eigenvalue weighted by atomic mass is 16.6. The second-order valence-electron chi connectivity index (χ2n) is 6.43. The maximum absolute atomic E-state index is 12.8. The summed E-state index contributed by atoms with van der Waals surface area (Å²) in [6.07, 6.45) is 4.52. The predicted octanol–water partition coefficient (Wildman–Crippen LogP) is 4.72. The van der Waals surface area contributed by atoms with Crippen molar-refractivity contribution in [3.8, 4) is 5.75 Å². The van der Waals surface area contributed by atoms with Crippen molar-refractivity contribution in [3.05, 3.63) is 29.8 Å². The zero-order valence-electron chi connectivity index (χ0n) is 16.3. The smallest absolute Gasteiger partial charge is 0.328 e. The Morgan fingerprint density at radius 3 is 2.15 bits per heavy atom. The second-order valence-corrected chi connectivity index (χ2v) is 6.43. The highest BCUT2D eigenvalue weighted by Gasteiger charge is 2.46. The number of rotatable bonds is 11. The number of benzene rings is 1. The van der Waals surface area contributed by atoms with E-state index in [2.05, 4.69) is 6.92 Å². The first-order valence-electron chi connectivity index (χ1n) is 9.42. The summed E-state index contributed by atoms with van der Waals surface area (Å²) in [6.45, 7) is 7.35. The van der Waals surface area contributed by atoms with Crippen molar-refractivity contribution in [2.75, 3.05) is 6.61 Å².